The zero-order valence-electron chi connectivity index (χ0n) is 13.6. The van der Waals surface area contributed by atoms with Crippen molar-refractivity contribution in [3.8, 4) is 0 Å². The van der Waals surface area contributed by atoms with E-state index >= 15 is 0 Å². The Hall–Kier alpha value is -1.97. The van der Waals surface area contributed by atoms with E-state index in [0.29, 0.717) is 28.9 Å². The number of hydrogen-bond donors (Lipinski definition) is 1. The van der Waals surface area contributed by atoms with Gasteiger partial charge in [-0.05, 0) is 24.0 Å². The molecule has 8 heteroatoms. The van der Waals surface area contributed by atoms with Gasteiger partial charge in [0.05, 0.1) is 4.43 Å². The summed E-state index contributed by atoms with van der Waals surface area (Å²) in [4.78, 5) is 50.5. The summed E-state index contributed by atoms with van der Waals surface area (Å²) in [7, 11) is 0. The second-order valence-electron chi connectivity index (χ2n) is 5.63. The summed E-state index contributed by atoms with van der Waals surface area (Å²) in [6, 6.07) is 7.76. The van der Waals surface area contributed by atoms with Crippen molar-refractivity contribution in [2.75, 3.05) is 4.43 Å². The molecule has 1 aliphatic rings. The Labute approximate surface area is 159 Å². The van der Waals surface area contributed by atoms with E-state index in [1.165, 1.54) is 0 Å². The van der Waals surface area contributed by atoms with Crippen molar-refractivity contribution in [3.63, 3.8) is 0 Å². The molecule has 3 amide bonds. The number of nitrogens with one attached hydrogen (secondary N) is 1. The van der Waals surface area contributed by atoms with Crippen LogP contribution in [0.25, 0.3) is 0 Å². The molecule has 0 aliphatic carbocycles. The molecule has 0 aromatic heterocycles. The zero-order chi connectivity index (χ0) is 18.2. The van der Waals surface area contributed by atoms with Crippen LogP contribution in [0.3, 0.4) is 0 Å². The second kappa shape index (κ2) is 9.50. The minimum Gasteiger partial charge on any atom is -0.351 e. The Morgan fingerprint density at radius 1 is 1.08 bits per heavy atom. The summed E-state index contributed by atoms with van der Waals surface area (Å²) < 4.78 is 0.431. The van der Waals surface area contributed by atoms with Gasteiger partial charge in [-0.15, -0.1) is 5.06 Å². The van der Waals surface area contributed by atoms with Crippen molar-refractivity contribution in [3.05, 3.63) is 35.4 Å². The molecule has 0 radical (unpaired) electrons. The van der Waals surface area contributed by atoms with Crippen LogP contribution < -0.4 is 5.32 Å². The summed E-state index contributed by atoms with van der Waals surface area (Å²) in [5.74, 6) is -1.52. The van der Waals surface area contributed by atoms with E-state index in [0.717, 1.165) is 11.1 Å². The van der Waals surface area contributed by atoms with Crippen LogP contribution in [0.1, 0.15) is 36.8 Å². The molecule has 0 bridgehead atoms. The maximum atomic E-state index is 11.7. The van der Waals surface area contributed by atoms with Crippen LogP contribution in [0.15, 0.2) is 24.3 Å². The maximum Gasteiger partial charge on any atom is 0.333 e. The fourth-order valence-electron chi connectivity index (χ4n) is 2.31. The molecular weight excluding hydrogens is 439 g/mol. The lowest BCUT2D eigenvalue weighted by molar-refractivity contribution is -0.197. The van der Waals surface area contributed by atoms with Gasteiger partial charge in [-0.1, -0.05) is 46.9 Å². The Bertz CT molecular complexity index is 644. The standard InChI is InChI=1S/C17H19IN2O5/c18-10-14(21)19-11-13-6-4-12(5-7-13)2-1-3-17(24)25-20-15(22)8-9-16(20)23/h4-7H,1-3,8-11H2,(H,19,21). The first-order chi connectivity index (χ1) is 12.0. The van der Waals surface area contributed by atoms with E-state index in [9.17, 15) is 19.2 Å². The maximum absolute atomic E-state index is 11.7. The number of halogens is 1. The number of alkyl halides is 1. The number of hydroxylamine groups is 2. The Balaban J connectivity index is 1.70. The molecule has 0 spiro atoms. The molecular formula is C17H19IN2O5. The number of carbonyl (C=O) groups excluding carboxylic acids is 4. The molecule has 2 rings (SSSR count). The summed E-state index contributed by atoms with van der Waals surface area (Å²) >= 11 is 2.01. The van der Waals surface area contributed by atoms with Gasteiger partial charge in [0.2, 0.25) is 5.91 Å². The average Bonchev–Trinajstić information content (AvgIpc) is 2.92. The molecule has 0 atom stereocenters. The Kier molecular flexibility index (Phi) is 7.35. The largest absolute Gasteiger partial charge is 0.351 e. The molecule has 134 valence electrons. The van der Waals surface area contributed by atoms with Crippen LogP contribution in [-0.2, 0) is 37.0 Å². The van der Waals surface area contributed by atoms with Gasteiger partial charge in [-0.2, -0.15) is 0 Å². The second-order valence-corrected chi connectivity index (χ2v) is 6.39. The molecule has 1 N–H and O–H groups in total. The highest BCUT2D eigenvalue weighted by Gasteiger charge is 2.32. The highest BCUT2D eigenvalue weighted by molar-refractivity contribution is 14.1. The van der Waals surface area contributed by atoms with Crippen molar-refractivity contribution in [1.82, 2.24) is 10.4 Å². The van der Waals surface area contributed by atoms with Gasteiger partial charge in [0.25, 0.3) is 11.8 Å². The van der Waals surface area contributed by atoms with Crippen LogP contribution >= 0.6 is 22.6 Å². The number of carbonyl (C=O) groups is 4. The van der Waals surface area contributed by atoms with Crippen LogP contribution in [0.2, 0.25) is 0 Å². The van der Waals surface area contributed by atoms with Gasteiger partial charge in [-0.3, -0.25) is 14.4 Å². The SMILES string of the molecule is O=C(CI)NCc1ccc(CCCC(=O)ON2C(=O)CCC2=O)cc1. The third-order valence-corrected chi connectivity index (χ3v) is 4.37. The van der Waals surface area contributed by atoms with E-state index in [-0.39, 0.29) is 25.2 Å². The average molecular weight is 458 g/mol. The van der Waals surface area contributed by atoms with Crippen molar-refractivity contribution < 1.29 is 24.0 Å². The van der Waals surface area contributed by atoms with Crippen molar-refractivity contribution in [1.29, 1.82) is 0 Å². The highest BCUT2D eigenvalue weighted by atomic mass is 127. The first-order valence-corrected chi connectivity index (χ1v) is 9.49. The van der Waals surface area contributed by atoms with Gasteiger partial charge in [-0.25, -0.2) is 4.79 Å². The molecule has 25 heavy (non-hydrogen) atoms. The van der Waals surface area contributed by atoms with Crippen molar-refractivity contribution in [2.24, 2.45) is 0 Å². The smallest absolute Gasteiger partial charge is 0.333 e. The lowest BCUT2D eigenvalue weighted by atomic mass is 10.1. The van der Waals surface area contributed by atoms with Crippen molar-refractivity contribution >= 4 is 46.3 Å². The van der Waals surface area contributed by atoms with Crippen LogP contribution in [0.5, 0.6) is 0 Å². The summed E-state index contributed by atoms with van der Waals surface area (Å²) in [5, 5.41) is 3.37. The summed E-state index contributed by atoms with van der Waals surface area (Å²) in [5.41, 5.74) is 2.07. The molecule has 1 fully saturated rings. The quantitative estimate of drug-likeness (QED) is 0.364. The van der Waals surface area contributed by atoms with E-state index in [4.69, 9.17) is 4.84 Å². The topological polar surface area (TPSA) is 92.8 Å². The molecule has 1 aromatic rings. The molecule has 0 saturated carbocycles. The van der Waals surface area contributed by atoms with Crippen LogP contribution in [0, 0.1) is 0 Å². The Morgan fingerprint density at radius 2 is 1.68 bits per heavy atom. The minimum absolute atomic E-state index is 0.00171. The number of hydrogen-bond acceptors (Lipinski definition) is 5. The van der Waals surface area contributed by atoms with Gasteiger partial charge in [0, 0.05) is 25.8 Å². The van der Waals surface area contributed by atoms with Crippen LogP contribution in [-0.4, -0.2) is 33.2 Å². The predicted octanol–water partition coefficient (Wildman–Crippen LogP) is 1.67. The third-order valence-electron chi connectivity index (χ3n) is 3.68. The van der Waals surface area contributed by atoms with Gasteiger partial charge in [0.15, 0.2) is 0 Å². The van der Waals surface area contributed by atoms with E-state index in [1.54, 1.807) is 0 Å². The molecule has 0 unspecified atom stereocenters. The predicted molar refractivity (Wildman–Crippen MR) is 97.3 cm³/mol. The monoisotopic (exact) mass is 458 g/mol. The third kappa shape index (κ3) is 6.11. The van der Waals surface area contributed by atoms with E-state index < -0.39 is 17.8 Å². The Morgan fingerprint density at radius 3 is 2.28 bits per heavy atom. The number of amides is 3. The number of aryl methyl sites for hydroxylation is 1. The first-order valence-electron chi connectivity index (χ1n) is 7.96. The van der Waals surface area contributed by atoms with Crippen LogP contribution in [0.4, 0.5) is 0 Å². The van der Waals surface area contributed by atoms with E-state index in [1.807, 2.05) is 46.9 Å². The molecule has 1 aliphatic heterocycles. The summed E-state index contributed by atoms with van der Waals surface area (Å²) in [6.07, 6.45) is 1.55. The number of benzene rings is 1. The molecule has 1 heterocycles. The lowest BCUT2D eigenvalue weighted by Gasteiger charge is -2.12. The molecule has 7 nitrogen and oxygen atoms in total. The van der Waals surface area contributed by atoms with Gasteiger partial charge < -0.3 is 10.2 Å². The normalized spacial score (nSPS) is 13.9. The zero-order valence-corrected chi connectivity index (χ0v) is 15.8. The first kappa shape index (κ1) is 19.4. The van der Waals surface area contributed by atoms with E-state index in [2.05, 4.69) is 5.32 Å². The molecule has 1 aromatic carbocycles. The molecule has 1 saturated heterocycles. The van der Waals surface area contributed by atoms with Crippen molar-refractivity contribution in [2.45, 2.75) is 38.6 Å². The van der Waals surface area contributed by atoms with Gasteiger partial charge >= 0.3 is 5.97 Å². The number of imide groups is 1. The highest BCUT2D eigenvalue weighted by Crippen LogP contribution is 2.14. The number of rotatable bonds is 8. The fraction of sp³-hybridized carbons (Fsp3) is 0.412. The number of nitrogens with zero attached hydrogens (tertiary/aromatic N) is 1. The fourth-order valence-corrected chi connectivity index (χ4v) is 2.58. The lowest BCUT2D eigenvalue weighted by Crippen LogP contribution is -2.31. The minimum atomic E-state index is -0.582. The summed E-state index contributed by atoms with van der Waals surface area (Å²) in [6.45, 7) is 0.492. The van der Waals surface area contributed by atoms with Gasteiger partial charge in [0.1, 0.15) is 0 Å².